The average molecular weight is 288 g/mol. The smallest absolute Gasteiger partial charge is 0.407 e. The summed E-state index contributed by atoms with van der Waals surface area (Å²) < 4.78 is 15.2. The lowest BCUT2D eigenvalue weighted by atomic mass is 9.60. The second-order valence-electron chi connectivity index (χ2n) is 6.72. The molecule has 1 heterocycles. The predicted molar refractivity (Wildman–Crippen MR) is 75.3 cm³/mol. The minimum Gasteiger partial charge on any atom is -0.598 e. The topological polar surface area (TPSA) is 75.6 Å². The highest BCUT2D eigenvalue weighted by Crippen LogP contribution is 2.49. The van der Waals surface area contributed by atoms with Gasteiger partial charge in [-0.2, -0.15) is 0 Å². The summed E-state index contributed by atoms with van der Waals surface area (Å²) in [5.41, 5.74) is 0.173. The molecule has 2 fully saturated rings. The first-order valence-corrected chi connectivity index (χ1v) is 8.05. The van der Waals surface area contributed by atoms with Gasteiger partial charge in [0.25, 0.3) is 0 Å². The van der Waals surface area contributed by atoms with E-state index in [9.17, 15) is 9.35 Å². The van der Waals surface area contributed by atoms with Crippen LogP contribution in [0.15, 0.2) is 0 Å². The molecule has 5 nitrogen and oxygen atoms in total. The number of nitrogens with zero attached hydrogens (tertiary/aromatic N) is 1. The highest BCUT2D eigenvalue weighted by atomic mass is 32.2. The normalized spacial score (nSPS) is 28.0. The second kappa shape index (κ2) is 5.14. The Balaban J connectivity index is 1.91. The van der Waals surface area contributed by atoms with Crippen molar-refractivity contribution in [2.24, 2.45) is 5.41 Å². The van der Waals surface area contributed by atoms with Crippen LogP contribution in [-0.2, 0) is 11.4 Å². The van der Waals surface area contributed by atoms with Crippen LogP contribution in [0.25, 0.3) is 0 Å². The molecule has 1 saturated carbocycles. The summed E-state index contributed by atoms with van der Waals surface area (Å²) in [5, 5.41) is 8.98. The lowest BCUT2D eigenvalue weighted by Crippen LogP contribution is -2.61. The van der Waals surface area contributed by atoms with Crippen molar-refractivity contribution in [3.8, 4) is 0 Å². The van der Waals surface area contributed by atoms with Crippen LogP contribution >= 0.6 is 0 Å². The molecule has 110 valence electrons. The van der Waals surface area contributed by atoms with Crippen LogP contribution < -0.4 is 4.72 Å². The summed E-state index contributed by atoms with van der Waals surface area (Å²) in [6.45, 7) is 7.11. The first-order chi connectivity index (χ1) is 8.74. The molecule has 2 atom stereocenters. The van der Waals surface area contributed by atoms with Crippen LogP contribution in [0.2, 0.25) is 0 Å². The van der Waals surface area contributed by atoms with Gasteiger partial charge < -0.3 is 14.6 Å². The molecule has 2 aliphatic rings. The maximum absolute atomic E-state index is 12.2. The van der Waals surface area contributed by atoms with Crippen molar-refractivity contribution in [2.45, 2.75) is 57.2 Å². The van der Waals surface area contributed by atoms with E-state index in [0.717, 1.165) is 25.7 Å². The highest BCUT2D eigenvalue weighted by molar-refractivity contribution is 7.90. The molecule has 1 amide bonds. The minimum absolute atomic E-state index is 0.173. The predicted octanol–water partition coefficient (Wildman–Crippen LogP) is 1.96. The lowest BCUT2D eigenvalue weighted by Gasteiger charge is -2.53. The van der Waals surface area contributed by atoms with Crippen molar-refractivity contribution in [3.05, 3.63) is 0 Å². The van der Waals surface area contributed by atoms with Gasteiger partial charge in [0.15, 0.2) is 0 Å². The standard InChI is InChI=1S/C13H24N2O3S/c1-12(2,3)19(18)14-10-4-5-13(10)6-8-15(9-7-13)11(16)17/h10,14H,4-9H2,1-3H3,(H,16,17). The molecule has 1 aliphatic carbocycles. The second-order valence-corrected chi connectivity index (χ2v) is 8.72. The van der Waals surface area contributed by atoms with Gasteiger partial charge in [0.05, 0.1) is 6.04 Å². The largest absolute Gasteiger partial charge is 0.598 e. The Morgan fingerprint density at radius 2 is 1.95 bits per heavy atom. The Morgan fingerprint density at radius 3 is 2.32 bits per heavy atom. The number of carboxylic acid groups (broad SMARTS) is 1. The fraction of sp³-hybridized carbons (Fsp3) is 0.923. The molecule has 2 rings (SSSR count). The molecular weight excluding hydrogens is 264 g/mol. The summed E-state index contributed by atoms with van der Waals surface area (Å²) in [7, 11) is 0. The van der Waals surface area contributed by atoms with Gasteiger partial charge >= 0.3 is 6.09 Å². The summed E-state index contributed by atoms with van der Waals surface area (Å²) in [5.74, 6) is 0. The molecule has 19 heavy (non-hydrogen) atoms. The maximum atomic E-state index is 12.2. The molecule has 0 aromatic heterocycles. The van der Waals surface area contributed by atoms with Crippen molar-refractivity contribution < 1.29 is 14.5 Å². The van der Waals surface area contributed by atoms with Crippen molar-refractivity contribution in [1.29, 1.82) is 0 Å². The number of rotatable bonds is 2. The van der Waals surface area contributed by atoms with Gasteiger partial charge in [-0.25, -0.2) is 4.79 Å². The number of piperidine rings is 1. The number of hydrogen-bond acceptors (Lipinski definition) is 3. The van der Waals surface area contributed by atoms with Gasteiger partial charge in [-0.1, -0.05) is 0 Å². The van der Waals surface area contributed by atoms with Crippen LogP contribution in [0.3, 0.4) is 0 Å². The van der Waals surface area contributed by atoms with Crippen LogP contribution in [-0.4, -0.2) is 44.5 Å². The molecule has 1 spiro atoms. The van der Waals surface area contributed by atoms with Gasteiger partial charge in [-0.15, -0.1) is 4.72 Å². The van der Waals surface area contributed by atoms with E-state index < -0.39 is 17.5 Å². The van der Waals surface area contributed by atoms with Crippen LogP contribution in [0.5, 0.6) is 0 Å². The summed E-state index contributed by atoms with van der Waals surface area (Å²) in [6, 6.07) is 0.281. The Kier molecular flexibility index (Phi) is 4.05. The Hall–Kier alpha value is -0.460. The van der Waals surface area contributed by atoms with E-state index in [-0.39, 0.29) is 16.2 Å². The van der Waals surface area contributed by atoms with Crippen LogP contribution in [0, 0.1) is 5.41 Å². The summed E-state index contributed by atoms with van der Waals surface area (Å²) >= 11 is -1.04. The van der Waals surface area contributed by atoms with E-state index in [2.05, 4.69) is 4.72 Å². The molecule has 1 aliphatic heterocycles. The van der Waals surface area contributed by atoms with Crippen molar-refractivity contribution in [1.82, 2.24) is 9.62 Å². The molecule has 2 unspecified atom stereocenters. The molecule has 0 radical (unpaired) electrons. The zero-order valence-electron chi connectivity index (χ0n) is 11.9. The zero-order chi connectivity index (χ0) is 14.3. The third-order valence-electron chi connectivity index (χ3n) is 4.51. The van der Waals surface area contributed by atoms with E-state index in [1.807, 2.05) is 20.8 Å². The Bertz CT molecular complexity index is 348. The molecule has 2 N–H and O–H groups in total. The van der Waals surface area contributed by atoms with E-state index in [4.69, 9.17) is 5.11 Å². The van der Waals surface area contributed by atoms with E-state index in [0.29, 0.717) is 13.1 Å². The van der Waals surface area contributed by atoms with E-state index >= 15 is 0 Å². The van der Waals surface area contributed by atoms with Gasteiger partial charge in [0.1, 0.15) is 4.75 Å². The average Bonchev–Trinajstić information content (AvgIpc) is 2.33. The summed E-state index contributed by atoms with van der Waals surface area (Å²) in [6.07, 6.45) is 3.13. The number of carbonyl (C=O) groups is 1. The maximum Gasteiger partial charge on any atom is 0.407 e. The zero-order valence-corrected chi connectivity index (χ0v) is 12.8. The monoisotopic (exact) mass is 288 g/mol. The molecule has 1 saturated heterocycles. The van der Waals surface area contributed by atoms with Crippen LogP contribution in [0.4, 0.5) is 4.79 Å². The van der Waals surface area contributed by atoms with Gasteiger partial charge in [0.2, 0.25) is 0 Å². The van der Waals surface area contributed by atoms with Crippen molar-refractivity contribution in [3.63, 3.8) is 0 Å². The fourth-order valence-corrected chi connectivity index (χ4v) is 3.91. The summed E-state index contributed by atoms with van der Waals surface area (Å²) in [4.78, 5) is 12.4. The first-order valence-electron chi connectivity index (χ1n) is 6.90. The number of hydrogen-bond donors (Lipinski definition) is 2. The van der Waals surface area contributed by atoms with Gasteiger partial charge in [0, 0.05) is 24.5 Å². The Labute approximate surface area is 118 Å². The van der Waals surface area contributed by atoms with Gasteiger partial charge in [-0.3, -0.25) is 0 Å². The third-order valence-corrected chi connectivity index (χ3v) is 6.12. The van der Waals surface area contributed by atoms with E-state index in [1.54, 1.807) is 0 Å². The molecular formula is C13H24N2O3S. The quantitative estimate of drug-likeness (QED) is 0.762. The first kappa shape index (κ1) is 14.9. The molecule has 0 aromatic rings. The number of amides is 1. The molecule has 6 heteroatoms. The molecule has 0 bridgehead atoms. The molecule has 0 aromatic carbocycles. The number of likely N-dealkylation sites (tertiary alicyclic amines) is 1. The minimum atomic E-state index is -1.04. The van der Waals surface area contributed by atoms with E-state index in [1.165, 1.54) is 4.90 Å². The number of nitrogens with one attached hydrogen (secondary N) is 1. The SMILES string of the molecule is CC(C)(C)[S+]([O-])NC1CCC12CCN(C(=O)O)CC2. The van der Waals surface area contributed by atoms with Crippen molar-refractivity contribution in [2.75, 3.05) is 13.1 Å². The van der Waals surface area contributed by atoms with Gasteiger partial charge in [-0.05, 0) is 51.9 Å². The van der Waals surface area contributed by atoms with Crippen molar-refractivity contribution >= 4 is 17.5 Å². The highest BCUT2D eigenvalue weighted by Gasteiger charge is 2.51. The lowest BCUT2D eigenvalue weighted by molar-refractivity contribution is 0.00666. The Morgan fingerprint density at radius 1 is 1.37 bits per heavy atom. The third kappa shape index (κ3) is 3.01. The fourth-order valence-electron chi connectivity index (χ4n) is 2.93. The van der Waals surface area contributed by atoms with Crippen LogP contribution in [0.1, 0.15) is 46.5 Å².